The minimum absolute atomic E-state index is 0.594. The van der Waals surface area contributed by atoms with Crippen molar-refractivity contribution in [2.45, 2.75) is 11.2 Å². The summed E-state index contributed by atoms with van der Waals surface area (Å²) in [5.41, 5.74) is -0.804. The number of hydrogen-bond acceptors (Lipinski definition) is 5. The van der Waals surface area contributed by atoms with Gasteiger partial charge in [-0.1, -0.05) is 12.1 Å². The summed E-state index contributed by atoms with van der Waals surface area (Å²) in [5.74, 6) is 0.0447. The molecule has 0 radical (unpaired) electrons. The Hall–Kier alpha value is -2.05. The van der Waals surface area contributed by atoms with Crippen molar-refractivity contribution in [3.63, 3.8) is 0 Å². The van der Waals surface area contributed by atoms with Crippen LogP contribution < -0.4 is 4.74 Å². The first-order valence-electron chi connectivity index (χ1n) is 5.56. The molecule has 0 aromatic heterocycles. The molecule has 0 spiro atoms. The monoisotopic (exact) mass is 276 g/mol. The highest BCUT2D eigenvalue weighted by Crippen LogP contribution is 2.62. The van der Waals surface area contributed by atoms with Gasteiger partial charge in [0, 0.05) is 12.2 Å². The number of nitrogens with zero attached hydrogens (tertiary/aromatic N) is 2. The van der Waals surface area contributed by atoms with Gasteiger partial charge in [-0.25, -0.2) is 8.42 Å². The average Bonchev–Trinajstić information content (AvgIpc) is 3.09. The van der Waals surface area contributed by atoms with Crippen LogP contribution in [0.5, 0.6) is 5.75 Å². The van der Waals surface area contributed by atoms with Crippen LogP contribution in [0.2, 0.25) is 0 Å². The van der Waals surface area contributed by atoms with Gasteiger partial charge in [-0.15, -0.1) is 0 Å². The van der Waals surface area contributed by atoms with Gasteiger partial charge in [-0.3, -0.25) is 0 Å². The minimum atomic E-state index is -3.45. The smallest absolute Gasteiger partial charge is 0.169 e. The van der Waals surface area contributed by atoms with Crippen molar-refractivity contribution in [3.05, 3.63) is 29.8 Å². The van der Waals surface area contributed by atoms with Crippen LogP contribution in [0.1, 0.15) is 11.5 Å². The van der Waals surface area contributed by atoms with E-state index in [-0.39, 0.29) is 0 Å². The van der Waals surface area contributed by atoms with Crippen molar-refractivity contribution in [3.8, 4) is 17.9 Å². The quantitative estimate of drug-likeness (QED) is 0.828. The fourth-order valence-electron chi connectivity index (χ4n) is 2.48. The molecule has 0 amide bonds. The highest BCUT2D eigenvalue weighted by Gasteiger charge is 2.72. The third-order valence-corrected chi connectivity index (χ3v) is 5.01. The summed E-state index contributed by atoms with van der Waals surface area (Å²) in [7, 11) is -1.92. The first-order valence-corrected chi connectivity index (χ1v) is 7.51. The number of methoxy groups -OCH3 is 1. The van der Waals surface area contributed by atoms with Gasteiger partial charge in [0.1, 0.15) is 11.0 Å². The van der Waals surface area contributed by atoms with E-state index in [1.54, 1.807) is 24.3 Å². The maximum atomic E-state index is 11.7. The van der Waals surface area contributed by atoms with Gasteiger partial charge >= 0.3 is 0 Å². The van der Waals surface area contributed by atoms with Crippen LogP contribution in [0, 0.1) is 28.1 Å². The van der Waals surface area contributed by atoms with E-state index in [4.69, 9.17) is 15.3 Å². The molecule has 2 atom stereocenters. The zero-order valence-electron chi connectivity index (χ0n) is 10.5. The molecule has 0 saturated heterocycles. The van der Waals surface area contributed by atoms with Gasteiger partial charge < -0.3 is 4.74 Å². The summed E-state index contributed by atoms with van der Waals surface area (Å²) in [6.07, 6.45) is 1.06. The average molecular weight is 276 g/mol. The topological polar surface area (TPSA) is 90.9 Å². The summed E-state index contributed by atoms with van der Waals surface area (Å²) in [6.45, 7) is 0. The number of hydrogen-bond donors (Lipinski definition) is 0. The number of rotatable bonds is 3. The molecule has 0 heterocycles. The summed E-state index contributed by atoms with van der Waals surface area (Å²) in [5, 5.41) is 17.4. The molecule has 0 N–H and O–H groups in total. The Morgan fingerprint density at radius 1 is 1.21 bits per heavy atom. The molecular weight excluding hydrogens is 264 g/mol. The molecule has 0 unspecified atom stereocenters. The van der Waals surface area contributed by atoms with Crippen LogP contribution in [0.25, 0.3) is 0 Å². The van der Waals surface area contributed by atoms with E-state index >= 15 is 0 Å². The molecule has 1 fully saturated rings. The van der Waals surface area contributed by atoms with Crippen LogP contribution in [0.15, 0.2) is 24.3 Å². The molecule has 1 aliphatic rings. The molecule has 1 aromatic rings. The second kappa shape index (κ2) is 4.25. The highest BCUT2D eigenvalue weighted by atomic mass is 32.2. The summed E-state index contributed by atoms with van der Waals surface area (Å²) in [4.78, 5) is 0. The summed E-state index contributed by atoms with van der Waals surface area (Å²) < 4.78 is 28.4. The normalized spacial score (nSPS) is 24.0. The molecule has 0 bridgehead atoms. The summed E-state index contributed by atoms with van der Waals surface area (Å²) in [6, 6.07) is 10.5. The highest BCUT2D eigenvalue weighted by molar-refractivity contribution is 7.91. The Kier molecular flexibility index (Phi) is 3.00. The lowest BCUT2D eigenvalue weighted by atomic mass is 10.0. The van der Waals surface area contributed by atoms with Crippen molar-refractivity contribution in [2.24, 2.45) is 5.41 Å². The molecule has 0 aliphatic heterocycles. The van der Waals surface area contributed by atoms with E-state index in [0.717, 1.165) is 6.26 Å². The summed E-state index contributed by atoms with van der Waals surface area (Å²) >= 11 is 0. The maximum Gasteiger partial charge on any atom is 0.169 e. The van der Waals surface area contributed by atoms with Crippen molar-refractivity contribution in [1.29, 1.82) is 10.5 Å². The third-order valence-electron chi connectivity index (χ3n) is 3.44. The Balaban J connectivity index is 2.45. The minimum Gasteiger partial charge on any atom is -0.497 e. The predicted octanol–water partition coefficient (Wildman–Crippen LogP) is 1.24. The first-order chi connectivity index (χ1) is 8.90. The number of sulfone groups is 1. The van der Waals surface area contributed by atoms with Gasteiger partial charge in [-0.05, 0) is 17.7 Å². The van der Waals surface area contributed by atoms with Crippen LogP contribution in [0.3, 0.4) is 0 Å². The van der Waals surface area contributed by atoms with E-state index in [1.807, 2.05) is 12.1 Å². The van der Waals surface area contributed by atoms with Crippen LogP contribution >= 0.6 is 0 Å². The van der Waals surface area contributed by atoms with E-state index in [9.17, 15) is 8.42 Å². The van der Waals surface area contributed by atoms with E-state index in [0.29, 0.717) is 11.3 Å². The molecule has 6 heteroatoms. The number of nitriles is 2. The van der Waals surface area contributed by atoms with Crippen molar-refractivity contribution in [2.75, 3.05) is 13.4 Å². The van der Waals surface area contributed by atoms with Gasteiger partial charge in [0.25, 0.3) is 0 Å². The standard InChI is InChI=1S/C13H12N2O3S/c1-18-10-5-3-9(4-6-10)11-12(19(2,16)17)13(11,7-14)8-15/h3-6,11-12H,1-2H3/t11-,12+/m1/s1. The van der Waals surface area contributed by atoms with E-state index < -0.39 is 26.4 Å². The Morgan fingerprint density at radius 3 is 2.05 bits per heavy atom. The predicted molar refractivity (Wildman–Crippen MR) is 68.0 cm³/mol. The van der Waals surface area contributed by atoms with Crippen LogP contribution in [-0.2, 0) is 9.84 Å². The van der Waals surface area contributed by atoms with Gasteiger partial charge in [0.15, 0.2) is 15.3 Å². The molecule has 5 nitrogen and oxygen atoms in total. The maximum absolute atomic E-state index is 11.7. The Bertz CT molecular complexity index is 666. The second-order valence-electron chi connectivity index (χ2n) is 4.59. The lowest BCUT2D eigenvalue weighted by molar-refractivity contribution is 0.414. The molecule has 98 valence electrons. The van der Waals surface area contributed by atoms with Gasteiger partial charge in [-0.2, -0.15) is 10.5 Å². The first kappa shape index (κ1) is 13.4. The SMILES string of the molecule is COc1ccc([C@@H]2[C@H](S(C)(=O)=O)C2(C#N)C#N)cc1. The molecule has 1 aromatic carbocycles. The lowest BCUT2D eigenvalue weighted by Crippen LogP contribution is -2.11. The zero-order valence-corrected chi connectivity index (χ0v) is 11.3. The molecular formula is C13H12N2O3S. The fourth-order valence-corrected chi connectivity index (χ4v) is 4.20. The largest absolute Gasteiger partial charge is 0.497 e. The third kappa shape index (κ3) is 1.94. The van der Waals surface area contributed by atoms with Gasteiger partial charge in [0.2, 0.25) is 0 Å². The van der Waals surface area contributed by atoms with Crippen LogP contribution in [-0.4, -0.2) is 27.0 Å². The van der Waals surface area contributed by atoms with Crippen LogP contribution in [0.4, 0.5) is 0 Å². The van der Waals surface area contributed by atoms with Gasteiger partial charge in [0.05, 0.1) is 19.2 Å². The van der Waals surface area contributed by atoms with Crippen molar-refractivity contribution >= 4 is 9.84 Å². The molecule has 1 aliphatic carbocycles. The number of ether oxygens (including phenoxy) is 1. The van der Waals surface area contributed by atoms with E-state index in [2.05, 4.69) is 0 Å². The van der Waals surface area contributed by atoms with Crippen molar-refractivity contribution in [1.82, 2.24) is 0 Å². The second-order valence-corrected chi connectivity index (χ2v) is 6.76. The Morgan fingerprint density at radius 2 is 1.74 bits per heavy atom. The molecule has 2 rings (SSSR count). The Labute approximate surface area is 112 Å². The zero-order chi connectivity index (χ0) is 14.3. The lowest BCUT2D eigenvalue weighted by Gasteiger charge is -2.02. The fraction of sp³-hybridized carbons (Fsp3) is 0.385. The number of benzene rings is 1. The molecule has 1 saturated carbocycles. The molecule has 19 heavy (non-hydrogen) atoms. The van der Waals surface area contributed by atoms with Crippen molar-refractivity contribution < 1.29 is 13.2 Å². The van der Waals surface area contributed by atoms with E-state index in [1.165, 1.54) is 7.11 Å².